The van der Waals surface area contributed by atoms with E-state index < -0.39 is 6.04 Å². The molecule has 2 nitrogen and oxygen atoms in total. The summed E-state index contributed by atoms with van der Waals surface area (Å²) in [4.78, 5) is 0. The molecule has 11 heavy (non-hydrogen) atoms. The molecule has 0 saturated heterocycles. The second-order valence-corrected chi connectivity index (χ2v) is 2.98. The third kappa shape index (κ3) is 1.76. The zero-order valence-corrected chi connectivity index (χ0v) is 6.57. The summed E-state index contributed by atoms with van der Waals surface area (Å²) in [6, 6.07) is 3.03. The Balaban J connectivity index is 2.77. The van der Waals surface area contributed by atoms with Gasteiger partial charge in [-0.1, -0.05) is 0 Å². The minimum Gasteiger partial charge on any atom is -0.323 e. The van der Waals surface area contributed by atoms with Gasteiger partial charge in [-0.05, 0) is 11.4 Å². The standard InChI is InChI=1S/C7H7FN2S/c8-7-5(2-4-11-7)6(10)1-3-9/h2,4,6H,1,10H2/t6-/m1/s1. The second kappa shape index (κ2) is 3.46. The molecule has 2 N–H and O–H groups in total. The summed E-state index contributed by atoms with van der Waals surface area (Å²) in [5.74, 6) is 0. The Labute approximate surface area is 68.1 Å². The lowest BCUT2D eigenvalue weighted by Gasteiger charge is -2.02. The monoisotopic (exact) mass is 170 g/mol. The molecule has 0 aromatic carbocycles. The summed E-state index contributed by atoms with van der Waals surface area (Å²) < 4.78 is 12.8. The average molecular weight is 170 g/mol. The molecule has 0 saturated carbocycles. The summed E-state index contributed by atoms with van der Waals surface area (Å²) in [5.41, 5.74) is 5.94. The molecular formula is C7H7FN2S. The maximum absolute atomic E-state index is 12.8. The lowest BCUT2D eigenvalue weighted by Crippen LogP contribution is -2.09. The Morgan fingerprint density at radius 2 is 2.55 bits per heavy atom. The van der Waals surface area contributed by atoms with Crippen molar-refractivity contribution in [3.05, 3.63) is 22.1 Å². The summed E-state index contributed by atoms with van der Waals surface area (Å²) in [7, 11) is 0. The van der Waals surface area contributed by atoms with Crippen LogP contribution in [0.4, 0.5) is 4.39 Å². The van der Waals surface area contributed by atoms with E-state index in [1.54, 1.807) is 11.4 Å². The zero-order chi connectivity index (χ0) is 8.27. The van der Waals surface area contributed by atoms with E-state index in [1.165, 1.54) is 0 Å². The molecule has 0 aliphatic rings. The molecular weight excluding hydrogens is 163 g/mol. The average Bonchev–Trinajstić information content (AvgIpc) is 2.36. The molecule has 1 rings (SSSR count). The van der Waals surface area contributed by atoms with Crippen LogP contribution in [0.2, 0.25) is 0 Å². The Kier molecular flexibility index (Phi) is 2.58. The minimum absolute atomic E-state index is 0.160. The SMILES string of the molecule is N#CC[C@@H](N)c1ccsc1F. The van der Waals surface area contributed by atoms with Crippen LogP contribution in [0.25, 0.3) is 0 Å². The molecule has 4 heteroatoms. The predicted molar refractivity (Wildman–Crippen MR) is 41.4 cm³/mol. The van der Waals surface area contributed by atoms with E-state index >= 15 is 0 Å². The molecule has 1 aromatic heterocycles. The molecule has 1 aromatic rings. The number of hydrogen-bond acceptors (Lipinski definition) is 3. The van der Waals surface area contributed by atoms with Gasteiger partial charge in [-0.15, -0.1) is 11.3 Å². The highest BCUT2D eigenvalue weighted by Gasteiger charge is 2.11. The molecule has 1 atom stereocenters. The van der Waals surface area contributed by atoms with Crippen LogP contribution in [0, 0.1) is 16.5 Å². The quantitative estimate of drug-likeness (QED) is 0.735. The summed E-state index contributed by atoms with van der Waals surface area (Å²) >= 11 is 1.00. The van der Waals surface area contributed by atoms with Crippen molar-refractivity contribution in [3.8, 4) is 6.07 Å². The molecule has 1 heterocycles. The first-order valence-electron chi connectivity index (χ1n) is 3.11. The van der Waals surface area contributed by atoms with E-state index in [0.29, 0.717) is 5.56 Å². The van der Waals surface area contributed by atoms with E-state index in [0.717, 1.165) is 11.3 Å². The zero-order valence-electron chi connectivity index (χ0n) is 5.75. The molecule has 0 radical (unpaired) electrons. The molecule has 0 aliphatic carbocycles. The van der Waals surface area contributed by atoms with Gasteiger partial charge >= 0.3 is 0 Å². The van der Waals surface area contributed by atoms with Gasteiger partial charge < -0.3 is 5.73 Å². The van der Waals surface area contributed by atoms with Gasteiger partial charge in [-0.3, -0.25) is 0 Å². The normalized spacial score (nSPS) is 12.5. The van der Waals surface area contributed by atoms with Crippen LogP contribution in [0.3, 0.4) is 0 Å². The summed E-state index contributed by atoms with van der Waals surface area (Å²) in [6.07, 6.45) is 0.160. The summed E-state index contributed by atoms with van der Waals surface area (Å²) in [5, 5.41) is 9.62. The van der Waals surface area contributed by atoms with Gasteiger partial charge in [-0.25, -0.2) is 0 Å². The smallest absolute Gasteiger partial charge is 0.181 e. The van der Waals surface area contributed by atoms with Crippen LogP contribution in [-0.2, 0) is 0 Å². The fourth-order valence-electron chi connectivity index (χ4n) is 0.778. The van der Waals surface area contributed by atoms with Crippen molar-refractivity contribution in [2.45, 2.75) is 12.5 Å². The molecule has 0 aliphatic heterocycles. The van der Waals surface area contributed by atoms with Crippen molar-refractivity contribution in [3.63, 3.8) is 0 Å². The van der Waals surface area contributed by atoms with Gasteiger partial charge in [0.05, 0.1) is 12.5 Å². The number of nitriles is 1. The van der Waals surface area contributed by atoms with Gasteiger partial charge in [-0.2, -0.15) is 9.65 Å². The first-order chi connectivity index (χ1) is 5.25. The van der Waals surface area contributed by atoms with Gasteiger partial charge in [0.2, 0.25) is 0 Å². The molecule has 0 unspecified atom stereocenters. The third-order valence-corrected chi connectivity index (χ3v) is 2.07. The number of hydrogen-bond donors (Lipinski definition) is 1. The van der Waals surface area contributed by atoms with Crippen LogP contribution in [0.5, 0.6) is 0 Å². The van der Waals surface area contributed by atoms with Crippen molar-refractivity contribution in [2.75, 3.05) is 0 Å². The Morgan fingerprint density at radius 3 is 3.00 bits per heavy atom. The lowest BCUT2D eigenvalue weighted by atomic mass is 10.1. The van der Waals surface area contributed by atoms with E-state index in [1.807, 2.05) is 6.07 Å². The Hall–Kier alpha value is -0.920. The second-order valence-electron chi connectivity index (χ2n) is 2.12. The number of nitrogens with zero attached hydrogens (tertiary/aromatic N) is 1. The minimum atomic E-state index is -0.480. The maximum atomic E-state index is 12.8. The van der Waals surface area contributed by atoms with Gasteiger partial charge in [0, 0.05) is 11.6 Å². The number of halogens is 1. The molecule has 58 valence electrons. The van der Waals surface area contributed by atoms with Crippen molar-refractivity contribution >= 4 is 11.3 Å². The Morgan fingerprint density at radius 1 is 1.82 bits per heavy atom. The highest BCUT2D eigenvalue weighted by molar-refractivity contribution is 7.08. The van der Waals surface area contributed by atoms with E-state index in [-0.39, 0.29) is 11.6 Å². The van der Waals surface area contributed by atoms with Crippen LogP contribution in [0.15, 0.2) is 11.4 Å². The predicted octanol–water partition coefficient (Wildman–Crippen LogP) is 1.80. The van der Waals surface area contributed by atoms with Crippen molar-refractivity contribution in [2.24, 2.45) is 5.73 Å². The van der Waals surface area contributed by atoms with Crippen molar-refractivity contribution in [1.82, 2.24) is 0 Å². The van der Waals surface area contributed by atoms with Gasteiger partial charge in [0.1, 0.15) is 0 Å². The number of thiophene rings is 1. The highest BCUT2D eigenvalue weighted by Crippen LogP contribution is 2.21. The highest BCUT2D eigenvalue weighted by atomic mass is 32.1. The first kappa shape index (κ1) is 8.18. The van der Waals surface area contributed by atoms with Crippen LogP contribution >= 0.6 is 11.3 Å². The first-order valence-corrected chi connectivity index (χ1v) is 3.99. The lowest BCUT2D eigenvalue weighted by molar-refractivity contribution is 0.612. The Bertz CT molecular complexity index is 276. The maximum Gasteiger partial charge on any atom is 0.181 e. The number of nitrogens with two attached hydrogens (primary N) is 1. The van der Waals surface area contributed by atoms with E-state index in [9.17, 15) is 4.39 Å². The largest absolute Gasteiger partial charge is 0.323 e. The van der Waals surface area contributed by atoms with Crippen LogP contribution in [-0.4, -0.2) is 0 Å². The van der Waals surface area contributed by atoms with Crippen LogP contribution in [0.1, 0.15) is 18.0 Å². The third-order valence-electron chi connectivity index (χ3n) is 1.36. The number of rotatable bonds is 2. The van der Waals surface area contributed by atoms with Crippen molar-refractivity contribution < 1.29 is 4.39 Å². The van der Waals surface area contributed by atoms with Gasteiger partial charge in [0.25, 0.3) is 0 Å². The molecule has 0 bridgehead atoms. The fourth-order valence-corrected chi connectivity index (χ4v) is 1.47. The van der Waals surface area contributed by atoms with E-state index in [2.05, 4.69) is 0 Å². The van der Waals surface area contributed by atoms with Crippen molar-refractivity contribution in [1.29, 1.82) is 5.26 Å². The molecule has 0 spiro atoms. The van der Waals surface area contributed by atoms with E-state index in [4.69, 9.17) is 11.0 Å². The summed E-state index contributed by atoms with van der Waals surface area (Å²) in [6.45, 7) is 0. The molecule has 0 fully saturated rings. The molecule has 0 amide bonds. The van der Waals surface area contributed by atoms with Gasteiger partial charge in [0.15, 0.2) is 5.13 Å². The topological polar surface area (TPSA) is 49.8 Å². The van der Waals surface area contributed by atoms with Crippen LogP contribution < -0.4 is 5.73 Å². The fraction of sp³-hybridized carbons (Fsp3) is 0.286.